The molecule has 0 saturated carbocycles. The maximum Gasteiger partial charge on any atom is 0.255 e. The van der Waals surface area contributed by atoms with Gasteiger partial charge in [-0.3, -0.25) is 4.79 Å². The zero-order valence-corrected chi connectivity index (χ0v) is 21.1. The third-order valence-electron chi connectivity index (χ3n) is 7.63. The van der Waals surface area contributed by atoms with Gasteiger partial charge in [-0.2, -0.15) is 0 Å². The highest BCUT2D eigenvalue weighted by atomic mass is 16.2. The quantitative estimate of drug-likeness (QED) is 0.351. The van der Waals surface area contributed by atoms with E-state index in [4.69, 9.17) is 4.98 Å². The van der Waals surface area contributed by atoms with E-state index < -0.39 is 5.54 Å². The highest BCUT2D eigenvalue weighted by Gasteiger charge is 2.45. The van der Waals surface area contributed by atoms with Gasteiger partial charge < -0.3 is 9.47 Å². The molecule has 174 valence electrons. The number of rotatable bonds is 3. The molecule has 1 atom stereocenters. The minimum atomic E-state index is -0.457. The second kappa shape index (κ2) is 8.12. The summed E-state index contributed by atoms with van der Waals surface area (Å²) in [5.41, 5.74) is 9.29. The number of carbonyl (C=O) groups is 1. The number of likely N-dealkylation sites (tertiary alicyclic amines) is 1. The molecule has 1 saturated heterocycles. The average Bonchev–Trinajstić information content (AvgIpc) is 3.35. The van der Waals surface area contributed by atoms with Crippen molar-refractivity contribution in [2.24, 2.45) is 7.05 Å². The number of fused-ring (bicyclic) bond motifs is 1. The largest absolute Gasteiger partial charge is 0.329 e. The van der Waals surface area contributed by atoms with Gasteiger partial charge in [-0.25, -0.2) is 4.98 Å². The molecule has 1 amide bonds. The molecule has 0 radical (unpaired) electrons. The summed E-state index contributed by atoms with van der Waals surface area (Å²) in [6.07, 6.45) is 1.87. The van der Waals surface area contributed by atoms with Crippen molar-refractivity contribution in [3.63, 3.8) is 0 Å². The van der Waals surface area contributed by atoms with Crippen molar-refractivity contribution in [2.75, 3.05) is 6.54 Å². The molecule has 1 aliphatic rings. The van der Waals surface area contributed by atoms with Crippen LogP contribution in [0.25, 0.3) is 22.2 Å². The summed E-state index contributed by atoms with van der Waals surface area (Å²) < 4.78 is 2.19. The summed E-state index contributed by atoms with van der Waals surface area (Å²) >= 11 is 0. The number of hydrogen-bond acceptors (Lipinski definition) is 2. The summed E-state index contributed by atoms with van der Waals surface area (Å²) in [5.74, 6) is 1.04. The average molecular weight is 452 g/mol. The van der Waals surface area contributed by atoms with Crippen molar-refractivity contribution >= 4 is 16.9 Å². The number of nitrogens with zero attached hydrogens (tertiary/aromatic N) is 3. The fraction of sp³-hybridized carbons (Fsp3) is 0.333. The normalized spacial score (nSPS) is 18.1. The van der Waals surface area contributed by atoms with Crippen LogP contribution in [0.2, 0.25) is 0 Å². The number of aromatic nitrogens is 2. The van der Waals surface area contributed by atoms with Crippen LogP contribution in [0.15, 0.2) is 54.6 Å². The van der Waals surface area contributed by atoms with Crippen LogP contribution >= 0.6 is 0 Å². The summed E-state index contributed by atoms with van der Waals surface area (Å²) in [5, 5.41) is 0. The van der Waals surface area contributed by atoms with Crippen LogP contribution in [-0.4, -0.2) is 26.9 Å². The summed E-state index contributed by atoms with van der Waals surface area (Å²) in [4.78, 5) is 21.3. The van der Waals surface area contributed by atoms with Gasteiger partial charge >= 0.3 is 0 Å². The van der Waals surface area contributed by atoms with Crippen LogP contribution in [0, 0.1) is 27.7 Å². The monoisotopic (exact) mass is 451 g/mol. The fourth-order valence-electron chi connectivity index (χ4n) is 5.42. The van der Waals surface area contributed by atoms with E-state index in [1.807, 2.05) is 6.07 Å². The number of benzene rings is 3. The molecular weight excluding hydrogens is 418 g/mol. The van der Waals surface area contributed by atoms with Gasteiger partial charge in [-0.15, -0.1) is 0 Å². The molecule has 3 aromatic carbocycles. The van der Waals surface area contributed by atoms with Crippen molar-refractivity contribution in [3.8, 4) is 11.1 Å². The van der Waals surface area contributed by atoms with Gasteiger partial charge in [0.15, 0.2) is 0 Å². The minimum absolute atomic E-state index is 0.0821. The topological polar surface area (TPSA) is 38.1 Å². The van der Waals surface area contributed by atoms with Gasteiger partial charge in [0.2, 0.25) is 0 Å². The lowest BCUT2D eigenvalue weighted by Gasteiger charge is -2.35. The molecule has 4 aromatic rings. The van der Waals surface area contributed by atoms with Crippen molar-refractivity contribution in [3.05, 3.63) is 88.2 Å². The Hall–Kier alpha value is -3.40. The predicted octanol–water partition coefficient (Wildman–Crippen LogP) is 6.63. The number of carbonyl (C=O) groups excluding carboxylic acids is 1. The molecule has 4 nitrogen and oxygen atoms in total. The molecule has 0 spiro atoms. The van der Waals surface area contributed by atoms with E-state index in [0.29, 0.717) is 0 Å². The van der Waals surface area contributed by atoms with Crippen molar-refractivity contribution in [2.45, 2.75) is 53.0 Å². The van der Waals surface area contributed by atoms with Crippen molar-refractivity contribution in [1.82, 2.24) is 14.5 Å². The molecule has 1 aromatic heterocycles. The molecule has 1 aliphatic heterocycles. The Bertz CT molecular complexity index is 1410. The zero-order valence-electron chi connectivity index (χ0n) is 21.1. The van der Waals surface area contributed by atoms with Gasteiger partial charge in [-0.1, -0.05) is 47.5 Å². The highest BCUT2D eigenvalue weighted by Crippen LogP contribution is 2.41. The van der Waals surface area contributed by atoms with E-state index >= 15 is 0 Å². The second-order valence-electron chi connectivity index (χ2n) is 10.2. The Morgan fingerprint density at radius 2 is 1.59 bits per heavy atom. The standard InChI is InChI=1S/C30H33N3O/c1-19-8-11-23(12-9-19)24-13-10-20(2)16-25(24)28(34)33-15-7-14-30(33,5)29-31-26-17-21(3)22(4)18-27(26)32(29)6/h8-13,16-18H,7,14-15H2,1-6H3/t30-/m0/s1. The molecule has 0 N–H and O–H groups in total. The van der Waals surface area contributed by atoms with E-state index in [1.165, 1.54) is 16.7 Å². The number of aryl methyl sites for hydroxylation is 5. The molecule has 2 heterocycles. The first kappa shape index (κ1) is 22.4. The Morgan fingerprint density at radius 3 is 2.32 bits per heavy atom. The Kier molecular flexibility index (Phi) is 5.35. The SMILES string of the molecule is Cc1ccc(-c2ccc(C)cc2C(=O)N2CCC[C@@]2(C)c2nc3cc(C)c(C)cc3n2C)cc1. The van der Waals surface area contributed by atoms with E-state index in [9.17, 15) is 4.79 Å². The molecule has 0 aliphatic carbocycles. The van der Waals surface area contributed by atoms with E-state index in [1.54, 1.807) is 0 Å². The predicted molar refractivity (Wildman–Crippen MR) is 139 cm³/mol. The summed E-state index contributed by atoms with van der Waals surface area (Å²) in [6, 6.07) is 19.0. The number of imidazole rings is 1. The van der Waals surface area contributed by atoms with E-state index in [2.05, 4.69) is 99.7 Å². The number of amides is 1. The van der Waals surface area contributed by atoms with Crippen molar-refractivity contribution < 1.29 is 4.79 Å². The molecule has 0 bridgehead atoms. The molecule has 34 heavy (non-hydrogen) atoms. The maximum absolute atomic E-state index is 14.2. The van der Waals surface area contributed by atoms with E-state index in [0.717, 1.165) is 58.5 Å². The van der Waals surface area contributed by atoms with Gasteiger partial charge in [0.05, 0.1) is 16.6 Å². The minimum Gasteiger partial charge on any atom is -0.329 e. The first-order chi connectivity index (χ1) is 16.2. The molecule has 4 heteroatoms. The van der Waals surface area contributed by atoms with Crippen LogP contribution in [0.1, 0.15) is 58.2 Å². The highest BCUT2D eigenvalue weighted by molar-refractivity contribution is 6.01. The Labute approximate surface area is 202 Å². The lowest BCUT2D eigenvalue weighted by Crippen LogP contribution is -2.44. The van der Waals surface area contributed by atoms with Gasteiger partial charge in [0.25, 0.3) is 5.91 Å². The maximum atomic E-state index is 14.2. The Balaban J connectivity index is 1.61. The lowest BCUT2D eigenvalue weighted by atomic mass is 9.93. The molecule has 5 rings (SSSR count). The van der Waals surface area contributed by atoms with Gasteiger partial charge in [-0.05, 0) is 87.9 Å². The van der Waals surface area contributed by atoms with E-state index in [-0.39, 0.29) is 5.91 Å². The molecular formula is C30H33N3O. The van der Waals surface area contributed by atoms with Crippen LogP contribution in [0.4, 0.5) is 0 Å². The van der Waals surface area contributed by atoms with Crippen LogP contribution in [0.3, 0.4) is 0 Å². The smallest absolute Gasteiger partial charge is 0.255 e. The van der Waals surface area contributed by atoms with Gasteiger partial charge in [0, 0.05) is 19.2 Å². The lowest BCUT2D eigenvalue weighted by molar-refractivity contribution is 0.0601. The summed E-state index contributed by atoms with van der Waals surface area (Å²) in [7, 11) is 2.08. The first-order valence-corrected chi connectivity index (χ1v) is 12.1. The Morgan fingerprint density at radius 1 is 0.912 bits per heavy atom. The van der Waals surface area contributed by atoms with Gasteiger partial charge in [0.1, 0.15) is 5.82 Å². The zero-order chi connectivity index (χ0) is 24.2. The van der Waals surface area contributed by atoms with Crippen molar-refractivity contribution in [1.29, 1.82) is 0 Å². The third-order valence-corrected chi connectivity index (χ3v) is 7.63. The molecule has 1 fully saturated rings. The molecule has 0 unspecified atom stereocenters. The fourth-order valence-corrected chi connectivity index (χ4v) is 5.42. The number of hydrogen-bond donors (Lipinski definition) is 0. The van der Waals surface area contributed by atoms with Crippen LogP contribution < -0.4 is 0 Å². The second-order valence-corrected chi connectivity index (χ2v) is 10.2. The van der Waals surface area contributed by atoms with Crippen LogP contribution in [0.5, 0.6) is 0 Å². The first-order valence-electron chi connectivity index (χ1n) is 12.1. The summed E-state index contributed by atoms with van der Waals surface area (Å²) in [6.45, 7) is 11.3. The van der Waals surface area contributed by atoms with Crippen LogP contribution in [-0.2, 0) is 12.6 Å². The third kappa shape index (κ3) is 3.53.